The summed E-state index contributed by atoms with van der Waals surface area (Å²) in [4.78, 5) is 37.2. The van der Waals surface area contributed by atoms with E-state index in [1.165, 1.54) is 0 Å². The largest absolute Gasteiger partial charge is 0.444 e. The molecule has 3 aliphatic rings. The molecule has 3 amide bonds. The predicted octanol–water partition coefficient (Wildman–Crippen LogP) is 2.30. The lowest BCUT2D eigenvalue weighted by Gasteiger charge is -2.44. The molecular formula is C24H34N6O4. The molecule has 10 heteroatoms. The van der Waals surface area contributed by atoms with Crippen molar-refractivity contribution in [1.29, 1.82) is 5.26 Å². The van der Waals surface area contributed by atoms with Crippen LogP contribution >= 0.6 is 0 Å². The third-order valence-electron chi connectivity index (χ3n) is 6.40. The molecule has 4 heterocycles. The van der Waals surface area contributed by atoms with Gasteiger partial charge in [-0.05, 0) is 45.7 Å². The van der Waals surface area contributed by atoms with E-state index in [1.807, 2.05) is 36.6 Å². The maximum atomic E-state index is 12.8. The molecule has 10 nitrogen and oxygen atoms in total. The van der Waals surface area contributed by atoms with E-state index in [4.69, 9.17) is 14.7 Å². The minimum atomic E-state index is -0.510. The standard InChI is InChI=1S/C24H34N6O4/c1-24(2,3)34-23(32)30-8-4-5-19(30)17-33-20-15-29(16-20)22(31)28-11-9-27(10-12-28)21-7-6-18(13-25)14-26-21/h6-7,14,19-20H,4-5,8-12,15-17H2,1-3H3/t19-/m0/s1. The molecule has 3 saturated heterocycles. The second-order valence-corrected chi connectivity index (χ2v) is 10.1. The second kappa shape index (κ2) is 10.1. The van der Waals surface area contributed by atoms with E-state index in [0.717, 1.165) is 18.7 Å². The maximum Gasteiger partial charge on any atom is 0.410 e. The lowest BCUT2D eigenvalue weighted by atomic mass is 10.1. The number of carbonyl (C=O) groups excluding carboxylic acids is 2. The molecule has 4 rings (SSSR count). The molecule has 3 aliphatic heterocycles. The van der Waals surface area contributed by atoms with Crippen LogP contribution in [0.4, 0.5) is 15.4 Å². The number of likely N-dealkylation sites (tertiary alicyclic amines) is 2. The fourth-order valence-corrected chi connectivity index (χ4v) is 4.48. The van der Waals surface area contributed by atoms with Crippen LogP contribution in [-0.2, 0) is 9.47 Å². The first-order valence-corrected chi connectivity index (χ1v) is 12.0. The van der Waals surface area contributed by atoms with E-state index in [-0.39, 0.29) is 24.3 Å². The summed E-state index contributed by atoms with van der Waals surface area (Å²) >= 11 is 0. The van der Waals surface area contributed by atoms with Gasteiger partial charge in [0.15, 0.2) is 0 Å². The average Bonchev–Trinajstić information content (AvgIpc) is 3.26. The molecule has 184 valence electrons. The summed E-state index contributed by atoms with van der Waals surface area (Å²) < 4.78 is 11.5. The number of pyridine rings is 1. The first-order chi connectivity index (χ1) is 16.2. The Morgan fingerprint density at radius 3 is 2.47 bits per heavy atom. The highest BCUT2D eigenvalue weighted by Gasteiger charge is 2.37. The minimum absolute atomic E-state index is 0.00849. The molecule has 1 aromatic heterocycles. The van der Waals surface area contributed by atoms with Gasteiger partial charge >= 0.3 is 12.1 Å². The van der Waals surface area contributed by atoms with Gasteiger partial charge in [0.25, 0.3) is 0 Å². The third kappa shape index (κ3) is 5.70. The number of nitriles is 1. The van der Waals surface area contributed by atoms with Crippen molar-refractivity contribution in [3.8, 4) is 6.07 Å². The second-order valence-electron chi connectivity index (χ2n) is 10.1. The molecule has 0 aliphatic carbocycles. The molecule has 1 aromatic rings. The number of ether oxygens (including phenoxy) is 2. The lowest BCUT2D eigenvalue weighted by Crippen LogP contribution is -2.61. The molecule has 0 aromatic carbocycles. The van der Waals surface area contributed by atoms with Gasteiger partial charge < -0.3 is 29.1 Å². The Labute approximate surface area is 201 Å². The first kappa shape index (κ1) is 24.1. The zero-order valence-corrected chi connectivity index (χ0v) is 20.3. The van der Waals surface area contributed by atoms with E-state index in [1.54, 1.807) is 17.2 Å². The molecule has 3 fully saturated rings. The normalized spacial score (nSPS) is 21.3. The molecule has 0 bridgehead atoms. The molecule has 1 atom stereocenters. The van der Waals surface area contributed by atoms with Crippen molar-refractivity contribution < 1.29 is 19.1 Å². The smallest absolute Gasteiger partial charge is 0.410 e. The van der Waals surface area contributed by atoms with Gasteiger partial charge in [0.2, 0.25) is 0 Å². The Morgan fingerprint density at radius 1 is 1.12 bits per heavy atom. The summed E-state index contributed by atoms with van der Waals surface area (Å²) in [7, 11) is 0. The number of anilines is 1. The molecule has 0 spiro atoms. The summed E-state index contributed by atoms with van der Waals surface area (Å²) in [5, 5.41) is 8.91. The van der Waals surface area contributed by atoms with E-state index in [2.05, 4.69) is 16.0 Å². The predicted molar refractivity (Wildman–Crippen MR) is 125 cm³/mol. The number of piperazine rings is 1. The molecule has 0 N–H and O–H groups in total. The lowest BCUT2D eigenvalue weighted by molar-refractivity contribution is -0.0582. The molecule has 0 saturated carbocycles. The topological polar surface area (TPSA) is 102 Å². The highest BCUT2D eigenvalue weighted by molar-refractivity contribution is 5.76. The third-order valence-corrected chi connectivity index (χ3v) is 6.40. The zero-order chi connectivity index (χ0) is 24.3. The van der Waals surface area contributed by atoms with Gasteiger partial charge in [-0.2, -0.15) is 5.26 Å². The summed E-state index contributed by atoms with van der Waals surface area (Å²) in [6.07, 6.45) is 3.17. The number of nitrogens with zero attached hydrogens (tertiary/aromatic N) is 6. The van der Waals surface area contributed by atoms with Crippen molar-refractivity contribution in [2.24, 2.45) is 0 Å². The van der Waals surface area contributed by atoms with E-state index < -0.39 is 5.60 Å². The van der Waals surface area contributed by atoms with E-state index in [9.17, 15) is 9.59 Å². The summed E-state index contributed by atoms with van der Waals surface area (Å²) in [6.45, 7) is 10.6. The Bertz CT molecular complexity index is 911. The summed E-state index contributed by atoms with van der Waals surface area (Å²) in [5.74, 6) is 0.829. The molecule has 0 radical (unpaired) electrons. The van der Waals surface area contributed by atoms with Crippen molar-refractivity contribution in [1.82, 2.24) is 19.7 Å². The number of hydrogen-bond donors (Lipinski definition) is 0. The molecule has 0 unspecified atom stereocenters. The van der Waals surface area contributed by atoms with Crippen LogP contribution < -0.4 is 4.90 Å². The van der Waals surface area contributed by atoms with Crippen LogP contribution in [0.15, 0.2) is 18.3 Å². The molecule has 34 heavy (non-hydrogen) atoms. The first-order valence-electron chi connectivity index (χ1n) is 12.0. The van der Waals surface area contributed by atoms with Crippen molar-refractivity contribution >= 4 is 17.9 Å². The Balaban J connectivity index is 1.17. The summed E-state index contributed by atoms with van der Waals surface area (Å²) in [6, 6.07) is 5.76. The van der Waals surface area contributed by atoms with Crippen LogP contribution in [-0.4, -0.2) is 102 Å². The number of urea groups is 1. The number of amides is 3. The van der Waals surface area contributed by atoms with Crippen molar-refractivity contribution in [3.05, 3.63) is 23.9 Å². The van der Waals surface area contributed by atoms with E-state index >= 15 is 0 Å². The van der Waals surface area contributed by atoms with Crippen LogP contribution in [0.3, 0.4) is 0 Å². The maximum absolute atomic E-state index is 12.8. The van der Waals surface area contributed by atoms with Crippen LogP contribution in [0.25, 0.3) is 0 Å². The van der Waals surface area contributed by atoms with Crippen molar-refractivity contribution in [3.63, 3.8) is 0 Å². The van der Waals surface area contributed by atoms with Gasteiger partial charge in [0, 0.05) is 38.9 Å². The van der Waals surface area contributed by atoms with E-state index in [0.29, 0.717) is 58.0 Å². The van der Waals surface area contributed by atoms with Gasteiger partial charge in [0.1, 0.15) is 17.5 Å². The van der Waals surface area contributed by atoms with Crippen molar-refractivity contribution in [2.45, 2.75) is 51.4 Å². The van der Waals surface area contributed by atoms with Gasteiger partial charge in [-0.15, -0.1) is 0 Å². The van der Waals surface area contributed by atoms with Gasteiger partial charge in [0.05, 0.1) is 37.4 Å². The summed E-state index contributed by atoms with van der Waals surface area (Å²) in [5.41, 5.74) is 0.0295. The number of hydrogen-bond acceptors (Lipinski definition) is 7. The average molecular weight is 471 g/mol. The van der Waals surface area contributed by atoms with Crippen molar-refractivity contribution in [2.75, 3.05) is 57.3 Å². The number of rotatable bonds is 4. The van der Waals surface area contributed by atoms with Gasteiger partial charge in [-0.3, -0.25) is 0 Å². The van der Waals surface area contributed by atoms with Crippen LogP contribution in [0.2, 0.25) is 0 Å². The monoisotopic (exact) mass is 470 g/mol. The van der Waals surface area contributed by atoms with Gasteiger partial charge in [-0.25, -0.2) is 14.6 Å². The zero-order valence-electron chi connectivity index (χ0n) is 20.3. The highest BCUT2D eigenvalue weighted by Crippen LogP contribution is 2.23. The fourth-order valence-electron chi connectivity index (χ4n) is 4.48. The fraction of sp³-hybridized carbons (Fsp3) is 0.667. The quantitative estimate of drug-likeness (QED) is 0.665. The SMILES string of the molecule is CC(C)(C)OC(=O)N1CCC[C@H]1COC1CN(C(=O)N2CCN(c3ccc(C#N)cn3)CC2)C1. The highest BCUT2D eigenvalue weighted by atomic mass is 16.6. The number of aromatic nitrogens is 1. The van der Waals surface area contributed by atoms with Crippen LogP contribution in [0.5, 0.6) is 0 Å². The van der Waals surface area contributed by atoms with Crippen LogP contribution in [0.1, 0.15) is 39.2 Å². The Hall–Kier alpha value is -3.06. The Morgan fingerprint density at radius 2 is 1.85 bits per heavy atom. The molecular weight excluding hydrogens is 436 g/mol. The minimum Gasteiger partial charge on any atom is -0.444 e. The van der Waals surface area contributed by atoms with Gasteiger partial charge in [-0.1, -0.05) is 0 Å². The number of carbonyl (C=O) groups is 2. The Kier molecular flexibility index (Phi) is 7.12. The van der Waals surface area contributed by atoms with Crippen LogP contribution in [0, 0.1) is 11.3 Å².